The number of hydrogen-bond donors (Lipinski definition) is 0. The number of nitrogens with zero attached hydrogens (tertiary/aromatic N) is 2. The van der Waals surface area contributed by atoms with E-state index in [1.54, 1.807) is 0 Å². The Bertz CT molecular complexity index is 474. The monoisotopic (exact) mass is 276 g/mol. The van der Waals surface area contributed by atoms with E-state index in [0.717, 1.165) is 30.1 Å². The summed E-state index contributed by atoms with van der Waals surface area (Å²) < 4.78 is 1.84. The van der Waals surface area contributed by atoms with E-state index in [4.69, 9.17) is 0 Å². The van der Waals surface area contributed by atoms with Crippen molar-refractivity contribution in [3.8, 4) is 0 Å². The average molecular weight is 276 g/mol. The van der Waals surface area contributed by atoms with E-state index in [1.807, 2.05) is 24.7 Å². The molecule has 2 rings (SSSR count). The molecule has 0 spiro atoms. The molecule has 0 amide bonds. The molecule has 0 atom stereocenters. The van der Waals surface area contributed by atoms with Crippen LogP contribution in [-0.2, 0) is 18.3 Å². The molecule has 1 aromatic heterocycles. The maximum atomic E-state index is 12.4. The summed E-state index contributed by atoms with van der Waals surface area (Å²) in [5, 5.41) is 4.32. The third-order valence-electron chi connectivity index (χ3n) is 4.86. The van der Waals surface area contributed by atoms with Gasteiger partial charge in [-0.2, -0.15) is 5.10 Å². The van der Waals surface area contributed by atoms with E-state index in [9.17, 15) is 4.79 Å². The first kappa shape index (κ1) is 15.3. The minimum atomic E-state index is 0.267. The van der Waals surface area contributed by atoms with Crippen LogP contribution in [0.5, 0.6) is 0 Å². The van der Waals surface area contributed by atoms with Gasteiger partial charge in [0.25, 0.3) is 0 Å². The van der Waals surface area contributed by atoms with Crippen LogP contribution in [-0.4, -0.2) is 15.6 Å². The zero-order valence-electron chi connectivity index (χ0n) is 13.6. The van der Waals surface area contributed by atoms with Gasteiger partial charge in [0.2, 0.25) is 0 Å². The second-order valence-corrected chi connectivity index (χ2v) is 7.46. The van der Waals surface area contributed by atoms with Crippen LogP contribution in [0.4, 0.5) is 0 Å². The molecule has 3 heteroatoms. The number of ketones is 1. The second kappa shape index (κ2) is 5.71. The Morgan fingerprint density at radius 2 is 1.90 bits per heavy atom. The van der Waals surface area contributed by atoms with E-state index >= 15 is 0 Å². The highest BCUT2D eigenvalue weighted by Crippen LogP contribution is 2.40. The Hall–Kier alpha value is -1.12. The molecule has 1 saturated carbocycles. The van der Waals surface area contributed by atoms with Gasteiger partial charge in [0, 0.05) is 25.1 Å². The van der Waals surface area contributed by atoms with Crippen LogP contribution in [0.2, 0.25) is 0 Å². The molecule has 0 bridgehead atoms. The van der Waals surface area contributed by atoms with Crippen LogP contribution in [0.3, 0.4) is 0 Å². The molecule has 0 saturated heterocycles. The standard InChI is InChI=1S/C17H28N2O/c1-12-10-15(19(5)18-12)11-16(20)13-6-8-14(9-7-13)17(2,3)4/h10,13-14H,6-9,11H2,1-5H3. The molecule has 0 aliphatic heterocycles. The highest BCUT2D eigenvalue weighted by atomic mass is 16.1. The lowest BCUT2D eigenvalue weighted by molar-refractivity contribution is -0.123. The molecule has 0 aromatic carbocycles. The fourth-order valence-electron chi connectivity index (χ4n) is 3.43. The number of aromatic nitrogens is 2. The lowest BCUT2D eigenvalue weighted by Gasteiger charge is -2.36. The highest BCUT2D eigenvalue weighted by molar-refractivity contribution is 5.83. The van der Waals surface area contributed by atoms with E-state index in [2.05, 4.69) is 25.9 Å². The zero-order valence-corrected chi connectivity index (χ0v) is 13.6. The Morgan fingerprint density at radius 3 is 2.35 bits per heavy atom. The van der Waals surface area contributed by atoms with Crippen molar-refractivity contribution in [1.82, 2.24) is 9.78 Å². The van der Waals surface area contributed by atoms with E-state index < -0.39 is 0 Å². The van der Waals surface area contributed by atoms with Gasteiger partial charge in [-0.3, -0.25) is 9.48 Å². The molecule has 1 aliphatic carbocycles. The smallest absolute Gasteiger partial charge is 0.141 e. The van der Waals surface area contributed by atoms with Crippen LogP contribution in [0, 0.1) is 24.2 Å². The quantitative estimate of drug-likeness (QED) is 0.844. The summed E-state index contributed by atoms with van der Waals surface area (Å²) in [5.41, 5.74) is 2.42. The van der Waals surface area contributed by atoms with Gasteiger partial charge in [-0.1, -0.05) is 20.8 Å². The van der Waals surface area contributed by atoms with Crippen LogP contribution < -0.4 is 0 Å². The molecular weight excluding hydrogens is 248 g/mol. The Morgan fingerprint density at radius 1 is 1.30 bits per heavy atom. The summed E-state index contributed by atoms with van der Waals surface area (Å²) >= 11 is 0. The van der Waals surface area contributed by atoms with Gasteiger partial charge in [0.1, 0.15) is 5.78 Å². The van der Waals surface area contributed by atoms with Gasteiger partial charge in [-0.25, -0.2) is 0 Å². The summed E-state index contributed by atoms with van der Waals surface area (Å²) in [7, 11) is 1.92. The van der Waals surface area contributed by atoms with Crippen LogP contribution in [0.25, 0.3) is 0 Å². The summed E-state index contributed by atoms with van der Waals surface area (Å²) in [5.74, 6) is 1.44. The average Bonchev–Trinajstić information content (AvgIpc) is 2.67. The minimum Gasteiger partial charge on any atom is -0.299 e. The third kappa shape index (κ3) is 3.50. The van der Waals surface area contributed by atoms with Crippen molar-refractivity contribution in [3.63, 3.8) is 0 Å². The van der Waals surface area contributed by atoms with Crippen LogP contribution in [0.1, 0.15) is 57.8 Å². The number of rotatable bonds is 3. The fourth-order valence-corrected chi connectivity index (χ4v) is 3.43. The topological polar surface area (TPSA) is 34.9 Å². The lowest BCUT2D eigenvalue weighted by Crippen LogP contribution is -2.29. The maximum Gasteiger partial charge on any atom is 0.141 e. The molecule has 3 nitrogen and oxygen atoms in total. The fraction of sp³-hybridized carbons (Fsp3) is 0.765. The molecule has 1 heterocycles. The molecule has 1 fully saturated rings. The molecule has 0 N–H and O–H groups in total. The predicted molar refractivity (Wildman–Crippen MR) is 81.6 cm³/mol. The van der Waals surface area contributed by atoms with Gasteiger partial charge in [-0.05, 0) is 50.0 Å². The highest BCUT2D eigenvalue weighted by Gasteiger charge is 2.32. The van der Waals surface area contributed by atoms with Crippen LogP contribution >= 0.6 is 0 Å². The first-order chi connectivity index (χ1) is 9.27. The van der Waals surface area contributed by atoms with Gasteiger partial charge >= 0.3 is 0 Å². The summed E-state index contributed by atoms with van der Waals surface area (Å²) in [6.07, 6.45) is 5.08. The first-order valence-electron chi connectivity index (χ1n) is 7.79. The largest absolute Gasteiger partial charge is 0.299 e. The first-order valence-corrected chi connectivity index (χ1v) is 7.79. The number of hydrogen-bond acceptors (Lipinski definition) is 2. The lowest BCUT2D eigenvalue weighted by atomic mass is 9.69. The minimum absolute atomic E-state index is 0.267. The van der Waals surface area contributed by atoms with Crippen molar-refractivity contribution < 1.29 is 4.79 Å². The summed E-state index contributed by atoms with van der Waals surface area (Å²) in [6, 6.07) is 2.03. The Balaban J connectivity index is 1.91. The molecule has 0 radical (unpaired) electrons. The SMILES string of the molecule is Cc1cc(CC(=O)C2CCC(C(C)(C)C)CC2)n(C)n1. The van der Waals surface area contributed by atoms with Crippen molar-refractivity contribution >= 4 is 5.78 Å². The van der Waals surface area contributed by atoms with Crippen LogP contribution in [0.15, 0.2) is 6.07 Å². The van der Waals surface area contributed by atoms with Gasteiger partial charge in [0.05, 0.1) is 5.69 Å². The molecule has 20 heavy (non-hydrogen) atoms. The molecule has 1 aromatic rings. The van der Waals surface area contributed by atoms with Gasteiger partial charge < -0.3 is 0 Å². The zero-order chi connectivity index (χ0) is 14.9. The summed E-state index contributed by atoms with van der Waals surface area (Å²) in [6.45, 7) is 8.93. The van der Waals surface area contributed by atoms with Gasteiger partial charge in [0.15, 0.2) is 0 Å². The number of aryl methyl sites for hydroxylation is 2. The number of Topliss-reactive ketones (excluding diaryl/α,β-unsaturated/α-hetero) is 1. The van der Waals surface area contributed by atoms with Crippen molar-refractivity contribution in [2.24, 2.45) is 24.3 Å². The molecule has 112 valence electrons. The predicted octanol–water partition coefficient (Wildman–Crippen LogP) is 3.69. The van der Waals surface area contributed by atoms with E-state index in [-0.39, 0.29) is 5.92 Å². The van der Waals surface area contributed by atoms with Gasteiger partial charge in [-0.15, -0.1) is 0 Å². The Labute approximate surface area is 122 Å². The normalized spacial score (nSPS) is 23.9. The Kier molecular flexibility index (Phi) is 4.36. The second-order valence-electron chi connectivity index (χ2n) is 7.46. The molecular formula is C17H28N2O. The van der Waals surface area contributed by atoms with E-state index in [1.165, 1.54) is 12.8 Å². The number of carbonyl (C=O) groups excluding carboxylic acids is 1. The van der Waals surface area contributed by atoms with Crippen molar-refractivity contribution in [1.29, 1.82) is 0 Å². The molecule has 0 unspecified atom stereocenters. The van der Waals surface area contributed by atoms with E-state index in [0.29, 0.717) is 17.6 Å². The van der Waals surface area contributed by atoms with Crippen molar-refractivity contribution in [2.45, 2.75) is 59.8 Å². The number of carbonyl (C=O) groups is 1. The van der Waals surface area contributed by atoms with Crippen molar-refractivity contribution in [2.75, 3.05) is 0 Å². The molecule has 1 aliphatic rings. The van der Waals surface area contributed by atoms with Crippen molar-refractivity contribution in [3.05, 3.63) is 17.5 Å². The third-order valence-corrected chi connectivity index (χ3v) is 4.86. The maximum absolute atomic E-state index is 12.4. The summed E-state index contributed by atoms with van der Waals surface area (Å²) in [4.78, 5) is 12.4.